The number of thioether (sulfide) groups is 1. The van der Waals surface area contributed by atoms with Crippen molar-refractivity contribution < 1.29 is 9.59 Å². The molecular weight excluding hydrogens is 232 g/mol. The lowest BCUT2D eigenvalue weighted by Crippen LogP contribution is -2.31. The second-order valence-corrected chi connectivity index (χ2v) is 8.19. The van der Waals surface area contributed by atoms with Gasteiger partial charge in [0.15, 0.2) is 5.12 Å². The summed E-state index contributed by atoms with van der Waals surface area (Å²) < 4.78 is -0.0924. The molecule has 1 aliphatic rings. The number of ketones is 1. The lowest BCUT2D eigenvalue weighted by molar-refractivity contribution is -0.132. The van der Waals surface area contributed by atoms with E-state index in [1.807, 2.05) is 27.7 Å². The van der Waals surface area contributed by atoms with Crippen LogP contribution in [0.15, 0.2) is 0 Å². The molecule has 0 aromatic rings. The quantitative estimate of drug-likeness (QED) is 0.716. The van der Waals surface area contributed by atoms with E-state index in [0.717, 1.165) is 25.7 Å². The van der Waals surface area contributed by atoms with E-state index in [-0.39, 0.29) is 27.5 Å². The fraction of sp³-hybridized carbons (Fsp3) is 0.857. The van der Waals surface area contributed by atoms with Crippen LogP contribution < -0.4 is 0 Å². The topological polar surface area (TPSA) is 34.1 Å². The predicted molar refractivity (Wildman–Crippen MR) is 73.2 cm³/mol. The van der Waals surface area contributed by atoms with Crippen molar-refractivity contribution in [1.29, 1.82) is 0 Å². The summed E-state index contributed by atoms with van der Waals surface area (Å²) in [5, 5.41) is 0.0225. The zero-order valence-corrected chi connectivity index (χ0v) is 12.3. The third kappa shape index (κ3) is 4.82. The Hall–Kier alpha value is -0.310. The Morgan fingerprint density at radius 3 is 2.12 bits per heavy atom. The van der Waals surface area contributed by atoms with Gasteiger partial charge in [-0.15, -0.1) is 0 Å². The third-order valence-electron chi connectivity index (χ3n) is 3.36. The van der Waals surface area contributed by atoms with Crippen molar-refractivity contribution in [2.24, 2.45) is 5.41 Å². The maximum Gasteiger partial charge on any atom is 0.196 e. The Labute approximate surface area is 109 Å². The van der Waals surface area contributed by atoms with Crippen molar-refractivity contribution in [3.05, 3.63) is 0 Å². The van der Waals surface area contributed by atoms with Crippen LogP contribution in [-0.2, 0) is 9.59 Å². The highest BCUT2D eigenvalue weighted by molar-refractivity contribution is 8.14. The zero-order valence-electron chi connectivity index (χ0n) is 11.5. The van der Waals surface area contributed by atoms with Gasteiger partial charge in [0.25, 0.3) is 0 Å². The van der Waals surface area contributed by atoms with Crippen molar-refractivity contribution in [3.8, 4) is 0 Å². The van der Waals surface area contributed by atoms with Gasteiger partial charge in [-0.3, -0.25) is 9.59 Å². The number of carbonyl (C=O) groups excluding carboxylic acids is 2. The van der Waals surface area contributed by atoms with E-state index in [1.54, 1.807) is 0 Å². The minimum absolute atomic E-state index is 0.0225. The van der Waals surface area contributed by atoms with Gasteiger partial charge < -0.3 is 0 Å². The molecule has 1 saturated carbocycles. The average molecular weight is 256 g/mol. The molecule has 0 aromatic carbocycles. The Kier molecular flexibility index (Phi) is 4.82. The molecule has 0 spiro atoms. The average Bonchev–Trinajstić information content (AvgIpc) is 2.15. The van der Waals surface area contributed by atoms with Gasteiger partial charge in [0.1, 0.15) is 5.78 Å². The summed E-state index contributed by atoms with van der Waals surface area (Å²) in [5.41, 5.74) is -0.230. The van der Waals surface area contributed by atoms with Crippen LogP contribution in [0.3, 0.4) is 0 Å². The first-order chi connectivity index (χ1) is 7.73. The van der Waals surface area contributed by atoms with Crippen molar-refractivity contribution in [2.45, 2.75) is 71.0 Å². The molecule has 0 saturated heterocycles. The second kappa shape index (κ2) is 5.55. The van der Waals surface area contributed by atoms with Gasteiger partial charge in [-0.05, 0) is 12.8 Å². The van der Waals surface area contributed by atoms with Gasteiger partial charge in [0.2, 0.25) is 0 Å². The van der Waals surface area contributed by atoms with Gasteiger partial charge in [0, 0.05) is 10.2 Å². The van der Waals surface area contributed by atoms with Gasteiger partial charge >= 0.3 is 0 Å². The van der Waals surface area contributed by atoms with E-state index >= 15 is 0 Å². The summed E-state index contributed by atoms with van der Waals surface area (Å²) >= 11 is 1.29. The summed E-state index contributed by atoms with van der Waals surface area (Å²) in [6.45, 7) is 8.04. The molecule has 0 aliphatic heterocycles. The van der Waals surface area contributed by atoms with Crippen molar-refractivity contribution >= 4 is 22.7 Å². The molecule has 0 amide bonds. The molecule has 17 heavy (non-hydrogen) atoms. The lowest BCUT2D eigenvalue weighted by Gasteiger charge is -2.32. The summed E-state index contributed by atoms with van der Waals surface area (Å²) in [6, 6.07) is 0. The molecule has 0 N–H and O–H groups in total. The summed E-state index contributed by atoms with van der Waals surface area (Å²) in [6.07, 6.45) is 5.51. The monoisotopic (exact) mass is 256 g/mol. The first-order valence-corrected chi connectivity index (χ1v) is 7.30. The highest BCUT2D eigenvalue weighted by Gasteiger charge is 2.35. The molecule has 2 nitrogen and oxygen atoms in total. The third-order valence-corrected chi connectivity index (χ3v) is 4.34. The first kappa shape index (κ1) is 14.7. The zero-order chi connectivity index (χ0) is 13.1. The maximum atomic E-state index is 12.2. The molecule has 0 atom stereocenters. The molecule has 98 valence electrons. The van der Waals surface area contributed by atoms with Crippen LogP contribution in [0.25, 0.3) is 0 Å². The second-order valence-electron chi connectivity index (χ2n) is 6.31. The van der Waals surface area contributed by atoms with Crippen LogP contribution in [0.4, 0.5) is 0 Å². The molecule has 0 radical (unpaired) electrons. The summed E-state index contributed by atoms with van der Waals surface area (Å²) in [5.74, 6) is 0.152. The first-order valence-electron chi connectivity index (χ1n) is 6.48. The Morgan fingerprint density at radius 2 is 1.65 bits per heavy atom. The number of Topliss-reactive ketones (excluding diaryl/α,β-unsaturated/α-hetero) is 1. The van der Waals surface area contributed by atoms with Crippen LogP contribution >= 0.6 is 11.8 Å². The molecule has 0 unspecified atom stereocenters. The minimum Gasteiger partial charge on any atom is -0.299 e. The molecule has 1 aliphatic carbocycles. The maximum absolute atomic E-state index is 12.2. The molecular formula is C14H24O2S. The van der Waals surface area contributed by atoms with Crippen molar-refractivity contribution in [3.63, 3.8) is 0 Å². The SMILES string of the molecule is CC(C)(C)SC(=O)CC(=O)C1(C)CCCCC1. The molecule has 1 rings (SSSR count). The fourth-order valence-corrected chi connectivity index (χ4v) is 3.22. The normalized spacial score (nSPS) is 20.0. The van der Waals surface area contributed by atoms with Crippen LogP contribution in [0.2, 0.25) is 0 Å². The largest absolute Gasteiger partial charge is 0.299 e. The number of carbonyl (C=O) groups is 2. The molecule has 0 aromatic heterocycles. The highest BCUT2D eigenvalue weighted by atomic mass is 32.2. The van der Waals surface area contributed by atoms with Gasteiger partial charge in [-0.1, -0.05) is 58.7 Å². The smallest absolute Gasteiger partial charge is 0.196 e. The fourth-order valence-electron chi connectivity index (χ4n) is 2.33. The van der Waals surface area contributed by atoms with Crippen LogP contribution in [-0.4, -0.2) is 15.6 Å². The number of hydrogen-bond donors (Lipinski definition) is 0. The van der Waals surface area contributed by atoms with E-state index in [9.17, 15) is 9.59 Å². The Morgan fingerprint density at radius 1 is 1.12 bits per heavy atom. The Bertz CT molecular complexity index is 296. The standard InChI is InChI=1S/C14H24O2S/c1-13(2,3)17-12(16)10-11(15)14(4)8-6-5-7-9-14/h5-10H2,1-4H3. The van der Waals surface area contributed by atoms with Crippen LogP contribution in [0.5, 0.6) is 0 Å². The lowest BCUT2D eigenvalue weighted by atomic mass is 9.72. The summed E-state index contributed by atoms with van der Waals surface area (Å²) in [7, 11) is 0. The van der Waals surface area contributed by atoms with E-state index < -0.39 is 0 Å². The molecule has 0 heterocycles. The number of rotatable bonds is 3. The molecule has 1 fully saturated rings. The molecule has 3 heteroatoms. The van der Waals surface area contributed by atoms with E-state index in [0.29, 0.717) is 0 Å². The van der Waals surface area contributed by atoms with Gasteiger partial charge in [-0.2, -0.15) is 0 Å². The Balaban J connectivity index is 2.51. The van der Waals surface area contributed by atoms with E-state index in [2.05, 4.69) is 0 Å². The van der Waals surface area contributed by atoms with E-state index in [1.165, 1.54) is 18.2 Å². The highest BCUT2D eigenvalue weighted by Crippen LogP contribution is 2.38. The van der Waals surface area contributed by atoms with Crippen LogP contribution in [0, 0.1) is 5.41 Å². The minimum atomic E-state index is -0.230. The van der Waals surface area contributed by atoms with Crippen molar-refractivity contribution in [1.82, 2.24) is 0 Å². The van der Waals surface area contributed by atoms with Gasteiger partial charge in [0.05, 0.1) is 6.42 Å². The van der Waals surface area contributed by atoms with Crippen LogP contribution in [0.1, 0.15) is 66.2 Å². The molecule has 0 bridgehead atoms. The van der Waals surface area contributed by atoms with Crippen molar-refractivity contribution in [2.75, 3.05) is 0 Å². The summed E-state index contributed by atoms with van der Waals surface area (Å²) in [4.78, 5) is 24.0. The van der Waals surface area contributed by atoms with Gasteiger partial charge in [-0.25, -0.2) is 0 Å². The predicted octanol–water partition coefficient (Wildman–Crippen LogP) is 3.97. The van der Waals surface area contributed by atoms with E-state index in [4.69, 9.17) is 0 Å². The number of hydrogen-bond acceptors (Lipinski definition) is 3.